The predicted molar refractivity (Wildman–Crippen MR) is 89.2 cm³/mol. The first-order valence-electron chi connectivity index (χ1n) is 7.84. The van der Waals surface area contributed by atoms with Crippen molar-refractivity contribution in [3.05, 3.63) is 22.3 Å². The average Bonchev–Trinajstić information content (AvgIpc) is 2.47. The third-order valence-corrected chi connectivity index (χ3v) is 4.52. The third-order valence-electron chi connectivity index (χ3n) is 4.09. The van der Waals surface area contributed by atoms with Crippen molar-refractivity contribution >= 4 is 21.7 Å². The summed E-state index contributed by atoms with van der Waals surface area (Å²) in [4.78, 5) is 7.13. The van der Waals surface area contributed by atoms with Gasteiger partial charge in [0.2, 0.25) is 0 Å². The van der Waals surface area contributed by atoms with E-state index in [4.69, 9.17) is 0 Å². The SMILES string of the molecule is CCCC1CCN(c2ncc(Br)cc2CNCC)CC1. The third kappa shape index (κ3) is 4.19. The zero-order valence-electron chi connectivity index (χ0n) is 12.7. The molecule has 2 rings (SSSR count). The highest BCUT2D eigenvalue weighted by Gasteiger charge is 2.21. The van der Waals surface area contributed by atoms with Gasteiger partial charge in [0.1, 0.15) is 5.82 Å². The number of anilines is 1. The van der Waals surface area contributed by atoms with Gasteiger partial charge in [0.05, 0.1) is 0 Å². The van der Waals surface area contributed by atoms with Gasteiger partial charge in [0.25, 0.3) is 0 Å². The highest BCUT2D eigenvalue weighted by Crippen LogP contribution is 2.28. The Kier molecular flexibility index (Phi) is 6.30. The standard InChI is InChI=1S/C16H26BrN3/c1-3-5-13-6-8-20(9-7-13)16-14(11-18-4-2)10-15(17)12-19-16/h10,12-13,18H,3-9,11H2,1-2H3. The fourth-order valence-corrected chi connectivity index (χ4v) is 3.37. The lowest BCUT2D eigenvalue weighted by molar-refractivity contribution is 0.377. The van der Waals surface area contributed by atoms with Gasteiger partial charge in [-0.25, -0.2) is 4.98 Å². The molecule has 1 saturated heterocycles. The van der Waals surface area contributed by atoms with E-state index in [1.54, 1.807) is 0 Å². The van der Waals surface area contributed by atoms with Crippen molar-refractivity contribution in [2.45, 2.75) is 46.1 Å². The molecule has 0 aromatic carbocycles. The molecule has 1 aliphatic rings. The minimum atomic E-state index is 0.896. The molecule has 1 aromatic heterocycles. The Hall–Kier alpha value is -0.610. The van der Waals surface area contributed by atoms with Crippen LogP contribution in [0.5, 0.6) is 0 Å². The lowest BCUT2D eigenvalue weighted by Crippen LogP contribution is -2.35. The number of hydrogen-bond donors (Lipinski definition) is 1. The maximum Gasteiger partial charge on any atom is 0.133 e. The molecule has 0 spiro atoms. The Morgan fingerprint density at radius 3 is 2.75 bits per heavy atom. The normalized spacial score (nSPS) is 16.6. The molecule has 3 nitrogen and oxygen atoms in total. The van der Waals surface area contributed by atoms with Gasteiger partial charge >= 0.3 is 0 Å². The molecular formula is C16H26BrN3. The minimum absolute atomic E-state index is 0.896. The van der Waals surface area contributed by atoms with Crippen molar-refractivity contribution in [3.63, 3.8) is 0 Å². The summed E-state index contributed by atoms with van der Waals surface area (Å²) in [6, 6.07) is 2.20. The molecule has 0 aliphatic carbocycles. The molecule has 0 saturated carbocycles. The van der Waals surface area contributed by atoms with E-state index in [1.165, 1.54) is 37.1 Å². The van der Waals surface area contributed by atoms with Crippen molar-refractivity contribution in [2.75, 3.05) is 24.5 Å². The topological polar surface area (TPSA) is 28.2 Å². The van der Waals surface area contributed by atoms with Crippen LogP contribution < -0.4 is 10.2 Å². The molecule has 1 aliphatic heterocycles. The second kappa shape index (κ2) is 7.99. The maximum atomic E-state index is 4.66. The monoisotopic (exact) mass is 339 g/mol. The van der Waals surface area contributed by atoms with Crippen molar-refractivity contribution in [3.8, 4) is 0 Å². The Morgan fingerprint density at radius 2 is 2.10 bits per heavy atom. The van der Waals surface area contributed by atoms with E-state index < -0.39 is 0 Å². The maximum absolute atomic E-state index is 4.66. The van der Waals surface area contributed by atoms with Gasteiger partial charge < -0.3 is 10.2 Å². The molecule has 2 heterocycles. The van der Waals surface area contributed by atoms with Crippen LogP contribution in [0.4, 0.5) is 5.82 Å². The van der Waals surface area contributed by atoms with Crippen LogP contribution in [-0.2, 0) is 6.54 Å². The molecule has 20 heavy (non-hydrogen) atoms. The number of nitrogens with zero attached hydrogens (tertiary/aromatic N) is 2. The van der Waals surface area contributed by atoms with E-state index in [9.17, 15) is 0 Å². The van der Waals surface area contributed by atoms with Crippen LogP contribution in [0.1, 0.15) is 45.1 Å². The summed E-state index contributed by atoms with van der Waals surface area (Å²) in [5.74, 6) is 2.09. The summed E-state index contributed by atoms with van der Waals surface area (Å²) in [7, 11) is 0. The lowest BCUT2D eigenvalue weighted by Gasteiger charge is -2.34. The average molecular weight is 340 g/mol. The first kappa shape index (κ1) is 15.8. The minimum Gasteiger partial charge on any atom is -0.356 e. The zero-order valence-corrected chi connectivity index (χ0v) is 14.2. The van der Waals surface area contributed by atoms with Gasteiger partial charge in [-0.3, -0.25) is 0 Å². The Labute approximate surface area is 131 Å². The van der Waals surface area contributed by atoms with Crippen LogP contribution in [0, 0.1) is 5.92 Å². The second-order valence-corrected chi connectivity index (χ2v) is 6.55. The Morgan fingerprint density at radius 1 is 1.35 bits per heavy atom. The lowest BCUT2D eigenvalue weighted by atomic mass is 9.92. The molecule has 0 atom stereocenters. The van der Waals surface area contributed by atoms with Crippen LogP contribution in [-0.4, -0.2) is 24.6 Å². The van der Waals surface area contributed by atoms with Crippen LogP contribution in [0.2, 0.25) is 0 Å². The second-order valence-electron chi connectivity index (χ2n) is 5.64. The first-order valence-corrected chi connectivity index (χ1v) is 8.64. The molecule has 0 amide bonds. The number of halogens is 1. The van der Waals surface area contributed by atoms with Crippen molar-refractivity contribution in [2.24, 2.45) is 5.92 Å². The molecule has 0 radical (unpaired) electrons. The summed E-state index contributed by atoms with van der Waals surface area (Å²) in [5.41, 5.74) is 1.30. The molecule has 1 fully saturated rings. The first-order chi connectivity index (χ1) is 9.74. The van der Waals surface area contributed by atoms with Crippen molar-refractivity contribution < 1.29 is 0 Å². The molecule has 0 bridgehead atoms. The van der Waals surface area contributed by atoms with E-state index in [2.05, 4.69) is 51.0 Å². The predicted octanol–water partition coefficient (Wildman–Crippen LogP) is 3.97. The van der Waals surface area contributed by atoms with E-state index in [0.29, 0.717) is 0 Å². The Balaban J connectivity index is 2.04. The molecule has 4 heteroatoms. The van der Waals surface area contributed by atoms with Gasteiger partial charge in [-0.2, -0.15) is 0 Å². The molecule has 1 aromatic rings. The van der Waals surface area contributed by atoms with Crippen LogP contribution in [0.25, 0.3) is 0 Å². The van der Waals surface area contributed by atoms with Crippen molar-refractivity contribution in [1.82, 2.24) is 10.3 Å². The largest absolute Gasteiger partial charge is 0.356 e. The highest BCUT2D eigenvalue weighted by atomic mass is 79.9. The van der Waals surface area contributed by atoms with Crippen molar-refractivity contribution in [1.29, 1.82) is 0 Å². The summed E-state index contributed by atoms with van der Waals surface area (Å²) in [5, 5.41) is 3.41. The quantitative estimate of drug-likeness (QED) is 0.849. The van der Waals surface area contributed by atoms with Gasteiger partial charge in [-0.15, -0.1) is 0 Å². The summed E-state index contributed by atoms with van der Waals surface area (Å²) < 4.78 is 1.06. The number of aromatic nitrogens is 1. The summed E-state index contributed by atoms with van der Waals surface area (Å²) in [6.45, 7) is 8.62. The van der Waals surface area contributed by atoms with E-state index in [0.717, 1.165) is 36.6 Å². The number of pyridine rings is 1. The smallest absolute Gasteiger partial charge is 0.133 e. The fourth-order valence-electron chi connectivity index (χ4n) is 2.99. The van der Waals surface area contributed by atoms with Gasteiger partial charge in [-0.05, 0) is 47.3 Å². The fraction of sp³-hybridized carbons (Fsp3) is 0.688. The van der Waals surface area contributed by atoms with E-state index >= 15 is 0 Å². The number of rotatable bonds is 6. The molecule has 0 unspecified atom stereocenters. The van der Waals surface area contributed by atoms with E-state index in [-0.39, 0.29) is 0 Å². The summed E-state index contributed by atoms with van der Waals surface area (Å²) >= 11 is 3.53. The number of hydrogen-bond acceptors (Lipinski definition) is 3. The molecule has 1 N–H and O–H groups in total. The highest BCUT2D eigenvalue weighted by molar-refractivity contribution is 9.10. The Bertz CT molecular complexity index is 414. The molecular weight excluding hydrogens is 314 g/mol. The van der Waals surface area contributed by atoms with Gasteiger partial charge in [0, 0.05) is 35.9 Å². The summed E-state index contributed by atoms with van der Waals surface area (Å²) in [6.07, 6.45) is 7.24. The number of piperidine rings is 1. The number of nitrogens with one attached hydrogen (secondary N) is 1. The molecule has 112 valence electrons. The van der Waals surface area contributed by atoms with Crippen LogP contribution >= 0.6 is 15.9 Å². The zero-order chi connectivity index (χ0) is 14.4. The van der Waals surface area contributed by atoms with Gasteiger partial charge in [0.15, 0.2) is 0 Å². The van der Waals surface area contributed by atoms with E-state index in [1.807, 2.05) is 6.20 Å². The van der Waals surface area contributed by atoms with Gasteiger partial charge in [-0.1, -0.05) is 26.7 Å². The van der Waals surface area contributed by atoms with Crippen LogP contribution in [0.3, 0.4) is 0 Å². The van der Waals surface area contributed by atoms with Crippen LogP contribution in [0.15, 0.2) is 16.7 Å².